The summed E-state index contributed by atoms with van der Waals surface area (Å²) in [6.07, 6.45) is 0. The lowest BCUT2D eigenvalue weighted by Gasteiger charge is -1.99. The van der Waals surface area contributed by atoms with Gasteiger partial charge >= 0.3 is 0 Å². The van der Waals surface area contributed by atoms with Crippen LogP contribution in [0.2, 0.25) is 0 Å². The number of hydrogen-bond acceptors (Lipinski definition) is 4. The van der Waals surface area contributed by atoms with Crippen molar-refractivity contribution in [2.75, 3.05) is 5.73 Å². The van der Waals surface area contributed by atoms with E-state index in [4.69, 9.17) is 5.73 Å². The van der Waals surface area contributed by atoms with Crippen LogP contribution >= 0.6 is 49.9 Å². The molecule has 1 heterocycles. The van der Waals surface area contributed by atoms with E-state index in [1.54, 1.807) is 0 Å². The first-order valence-corrected chi connectivity index (χ1v) is 6.40. The molecule has 1 aromatic heterocycles. The summed E-state index contributed by atoms with van der Waals surface area (Å²) in [6.45, 7) is 0. The van der Waals surface area contributed by atoms with Crippen molar-refractivity contribution in [1.29, 1.82) is 0 Å². The molecule has 0 aliphatic carbocycles. The van der Waals surface area contributed by atoms with Gasteiger partial charge in [-0.1, -0.05) is 27.3 Å². The lowest BCUT2D eigenvalue weighted by atomic mass is 10.2. The first-order valence-electron chi connectivity index (χ1n) is 3.71. The first-order chi connectivity index (χ1) is 6.66. The Kier molecular flexibility index (Phi) is 3.03. The molecule has 0 fully saturated rings. The number of benzene rings is 1. The van der Waals surface area contributed by atoms with E-state index in [0.717, 1.165) is 18.6 Å². The maximum Gasteiger partial charge on any atom is 0.203 e. The highest BCUT2D eigenvalue weighted by Crippen LogP contribution is 2.32. The SMILES string of the molecule is Nc1nnc(-c2cc(I)ccc2Br)s1. The van der Waals surface area contributed by atoms with Gasteiger partial charge in [0.15, 0.2) is 5.01 Å². The molecule has 0 unspecified atom stereocenters. The molecule has 0 spiro atoms. The van der Waals surface area contributed by atoms with Gasteiger partial charge in [0.25, 0.3) is 0 Å². The van der Waals surface area contributed by atoms with Gasteiger partial charge in [-0.15, -0.1) is 10.2 Å². The fraction of sp³-hybridized carbons (Fsp3) is 0. The molecule has 2 N–H and O–H groups in total. The molecule has 2 rings (SSSR count). The summed E-state index contributed by atoms with van der Waals surface area (Å²) < 4.78 is 2.17. The van der Waals surface area contributed by atoms with E-state index in [-0.39, 0.29) is 0 Å². The summed E-state index contributed by atoms with van der Waals surface area (Å²) in [5, 5.41) is 9.12. The van der Waals surface area contributed by atoms with Crippen LogP contribution in [0.3, 0.4) is 0 Å². The third-order valence-corrected chi connectivity index (χ3v) is 3.75. The van der Waals surface area contributed by atoms with Crippen molar-refractivity contribution in [3.8, 4) is 10.6 Å². The Morgan fingerprint density at radius 1 is 1.36 bits per heavy atom. The van der Waals surface area contributed by atoms with Crippen LogP contribution in [0, 0.1) is 3.57 Å². The fourth-order valence-electron chi connectivity index (χ4n) is 1.00. The van der Waals surface area contributed by atoms with E-state index >= 15 is 0 Å². The second-order valence-electron chi connectivity index (χ2n) is 2.57. The van der Waals surface area contributed by atoms with Crippen LogP contribution in [-0.2, 0) is 0 Å². The summed E-state index contributed by atoms with van der Waals surface area (Å²) in [7, 11) is 0. The normalized spacial score (nSPS) is 10.4. The van der Waals surface area contributed by atoms with Crippen LogP contribution in [0.4, 0.5) is 5.13 Å². The van der Waals surface area contributed by atoms with E-state index in [1.807, 2.05) is 18.2 Å². The molecule has 2 aromatic rings. The number of hydrogen-bond donors (Lipinski definition) is 1. The monoisotopic (exact) mass is 381 g/mol. The molecule has 0 radical (unpaired) electrons. The smallest absolute Gasteiger partial charge is 0.203 e. The summed E-state index contributed by atoms with van der Waals surface area (Å²) in [5.74, 6) is 0. The highest BCUT2D eigenvalue weighted by Gasteiger charge is 2.08. The van der Waals surface area contributed by atoms with E-state index in [1.165, 1.54) is 11.3 Å². The Labute approximate surface area is 107 Å². The van der Waals surface area contributed by atoms with Crippen LogP contribution in [0.25, 0.3) is 10.6 Å². The third-order valence-electron chi connectivity index (χ3n) is 1.60. The number of nitrogen functional groups attached to an aromatic ring is 1. The topological polar surface area (TPSA) is 51.8 Å². The van der Waals surface area contributed by atoms with Crippen molar-refractivity contribution in [1.82, 2.24) is 10.2 Å². The van der Waals surface area contributed by atoms with E-state index in [2.05, 4.69) is 48.7 Å². The molecule has 0 saturated heterocycles. The van der Waals surface area contributed by atoms with Crippen molar-refractivity contribution in [3.63, 3.8) is 0 Å². The standard InChI is InChI=1S/C8H5BrIN3S/c9-6-2-1-4(10)3-5(6)7-12-13-8(11)14-7/h1-3H,(H2,11,13). The Morgan fingerprint density at radius 3 is 2.79 bits per heavy atom. The lowest BCUT2D eigenvalue weighted by Crippen LogP contribution is -1.81. The Hall–Kier alpha value is -0.210. The van der Waals surface area contributed by atoms with Gasteiger partial charge < -0.3 is 5.73 Å². The highest BCUT2D eigenvalue weighted by atomic mass is 127. The van der Waals surface area contributed by atoms with E-state index < -0.39 is 0 Å². The highest BCUT2D eigenvalue weighted by molar-refractivity contribution is 14.1. The lowest BCUT2D eigenvalue weighted by molar-refractivity contribution is 1.10. The van der Waals surface area contributed by atoms with Crippen LogP contribution in [0.1, 0.15) is 0 Å². The number of rotatable bonds is 1. The number of anilines is 1. The number of aromatic nitrogens is 2. The number of nitrogens with two attached hydrogens (primary N) is 1. The predicted octanol–water partition coefficient (Wildman–Crippen LogP) is 3.15. The molecule has 1 aromatic carbocycles. The van der Waals surface area contributed by atoms with Crippen LogP contribution in [0.5, 0.6) is 0 Å². The molecular weight excluding hydrogens is 377 g/mol. The molecule has 0 aliphatic rings. The fourth-order valence-corrected chi connectivity index (χ4v) is 2.70. The number of halogens is 2. The average molecular weight is 382 g/mol. The van der Waals surface area contributed by atoms with Crippen LogP contribution in [-0.4, -0.2) is 10.2 Å². The maximum atomic E-state index is 5.53. The summed E-state index contributed by atoms with van der Waals surface area (Å²) >= 11 is 7.12. The minimum absolute atomic E-state index is 0.491. The van der Waals surface area contributed by atoms with E-state index in [9.17, 15) is 0 Å². The molecule has 0 amide bonds. The van der Waals surface area contributed by atoms with Gasteiger partial charge in [-0.3, -0.25) is 0 Å². The molecular formula is C8H5BrIN3S. The van der Waals surface area contributed by atoms with Crippen molar-refractivity contribution in [3.05, 3.63) is 26.2 Å². The van der Waals surface area contributed by atoms with Crippen molar-refractivity contribution in [2.24, 2.45) is 0 Å². The summed E-state index contributed by atoms with van der Waals surface area (Å²) in [5.41, 5.74) is 6.57. The van der Waals surface area contributed by atoms with Crippen molar-refractivity contribution >= 4 is 55.0 Å². The maximum absolute atomic E-state index is 5.53. The zero-order valence-corrected chi connectivity index (χ0v) is 11.4. The minimum atomic E-state index is 0.491. The van der Waals surface area contributed by atoms with Gasteiger partial charge in [0.05, 0.1) is 0 Å². The minimum Gasteiger partial charge on any atom is -0.374 e. The second-order valence-corrected chi connectivity index (χ2v) is 5.68. The number of nitrogens with zero attached hydrogens (tertiary/aromatic N) is 2. The summed E-state index contributed by atoms with van der Waals surface area (Å²) in [6, 6.07) is 6.07. The Morgan fingerprint density at radius 2 is 2.14 bits per heavy atom. The zero-order valence-electron chi connectivity index (χ0n) is 6.87. The summed E-state index contributed by atoms with van der Waals surface area (Å²) in [4.78, 5) is 0. The van der Waals surface area contributed by atoms with E-state index in [0.29, 0.717) is 5.13 Å². The largest absolute Gasteiger partial charge is 0.374 e. The molecule has 0 saturated carbocycles. The molecule has 0 atom stereocenters. The quantitative estimate of drug-likeness (QED) is 0.772. The van der Waals surface area contributed by atoms with Crippen LogP contribution < -0.4 is 5.73 Å². The Balaban J connectivity index is 2.55. The predicted molar refractivity (Wildman–Crippen MR) is 70.2 cm³/mol. The molecule has 6 heteroatoms. The van der Waals surface area contributed by atoms with Crippen molar-refractivity contribution < 1.29 is 0 Å². The Bertz CT molecular complexity index is 471. The van der Waals surface area contributed by atoms with Gasteiger partial charge in [0.2, 0.25) is 5.13 Å². The molecule has 0 aliphatic heterocycles. The van der Waals surface area contributed by atoms with Gasteiger partial charge in [0.1, 0.15) is 0 Å². The second kappa shape index (κ2) is 4.11. The zero-order chi connectivity index (χ0) is 10.1. The third kappa shape index (κ3) is 2.06. The van der Waals surface area contributed by atoms with Gasteiger partial charge in [-0.05, 0) is 40.8 Å². The van der Waals surface area contributed by atoms with Gasteiger partial charge in [-0.2, -0.15) is 0 Å². The van der Waals surface area contributed by atoms with Crippen molar-refractivity contribution in [2.45, 2.75) is 0 Å². The first kappa shape index (κ1) is 10.3. The molecule has 14 heavy (non-hydrogen) atoms. The van der Waals surface area contributed by atoms with Crippen LogP contribution in [0.15, 0.2) is 22.7 Å². The molecule has 72 valence electrons. The average Bonchev–Trinajstić information content (AvgIpc) is 2.56. The molecule has 0 bridgehead atoms. The molecule has 3 nitrogen and oxygen atoms in total. The van der Waals surface area contributed by atoms with Gasteiger partial charge in [-0.25, -0.2) is 0 Å². The van der Waals surface area contributed by atoms with Gasteiger partial charge in [0, 0.05) is 13.6 Å².